The summed E-state index contributed by atoms with van der Waals surface area (Å²) in [4.78, 5) is 10.1. The first-order chi connectivity index (χ1) is 4.22. The van der Waals surface area contributed by atoms with Gasteiger partial charge in [0.2, 0.25) is 0 Å². The number of aldehydes is 1. The minimum absolute atomic E-state index is 0.519. The van der Waals surface area contributed by atoms with E-state index in [-0.39, 0.29) is 0 Å². The molecular weight excluding hydrogens is 180 g/mol. The fraction of sp³-hybridized carbons (Fsp3) is 0. The molecule has 0 bridgehead atoms. The van der Waals surface area contributed by atoms with E-state index < -0.39 is 0 Å². The Labute approximate surface area is 62.9 Å². The van der Waals surface area contributed by atoms with Crippen LogP contribution in [0.15, 0.2) is 35.4 Å². The maximum absolute atomic E-state index is 10.1. The van der Waals surface area contributed by atoms with E-state index in [0.29, 0.717) is 10.1 Å². The molecule has 2 heteroatoms. The third-order valence-electron chi connectivity index (χ3n) is 0.738. The minimum Gasteiger partial charge on any atom is -0.298 e. The summed E-state index contributed by atoms with van der Waals surface area (Å²) < 4.78 is 0.581. The highest BCUT2D eigenvalue weighted by atomic mass is 79.9. The molecule has 0 unspecified atom stereocenters. The van der Waals surface area contributed by atoms with Gasteiger partial charge in [0.1, 0.15) is 0 Å². The number of allylic oxidation sites excluding steroid dienone is 4. The highest BCUT2D eigenvalue weighted by Crippen LogP contribution is 2.11. The van der Waals surface area contributed by atoms with Gasteiger partial charge >= 0.3 is 0 Å². The average Bonchev–Trinajstić information content (AvgIpc) is 1.82. The molecule has 1 nitrogen and oxygen atoms in total. The van der Waals surface area contributed by atoms with Crippen molar-refractivity contribution < 1.29 is 4.79 Å². The first-order valence-electron chi connectivity index (χ1n) is 2.35. The summed E-state index contributed by atoms with van der Waals surface area (Å²) in [5, 5.41) is 0. The third kappa shape index (κ3) is 3.03. The fourth-order valence-electron chi connectivity index (χ4n) is 0.321. The number of carbonyl (C=O) groups excluding carboxylic acids is 1. The lowest BCUT2D eigenvalue weighted by Crippen LogP contribution is -1.79. The first kappa shape index (κ1) is 8.37. The van der Waals surface area contributed by atoms with Gasteiger partial charge in [-0.15, -0.1) is 0 Å². The lowest BCUT2D eigenvalue weighted by Gasteiger charge is -1.89. The highest BCUT2D eigenvalue weighted by molar-refractivity contribution is 9.12. The maximum atomic E-state index is 10.1. The Morgan fingerprint density at radius 2 is 2.11 bits per heavy atom. The Hall–Kier alpha value is -0.630. The van der Waals surface area contributed by atoms with Gasteiger partial charge in [-0.25, -0.2) is 0 Å². The van der Waals surface area contributed by atoms with Crippen molar-refractivity contribution in [3.8, 4) is 0 Å². The largest absolute Gasteiger partial charge is 0.298 e. The van der Waals surface area contributed by atoms with Gasteiger partial charge in [0, 0.05) is 10.1 Å². The summed E-state index contributed by atoms with van der Waals surface area (Å²) in [5.41, 5.74) is 0.519. The molecule has 0 amide bonds. The Morgan fingerprint density at radius 3 is 2.22 bits per heavy atom. The van der Waals surface area contributed by atoms with E-state index in [0.717, 1.165) is 6.29 Å². The second-order valence-electron chi connectivity index (χ2n) is 1.38. The molecule has 0 saturated carbocycles. The number of rotatable bonds is 3. The number of carbonyl (C=O) groups is 1. The van der Waals surface area contributed by atoms with Crippen molar-refractivity contribution in [2.45, 2.75) is 0 Å². The monoisotopic (exact) mass is 186 g/mol. The molecule has 0 N–H and O–H groups in total. The lowest BCUT2D eigenvalue weighted by atomic mass is 10.3. The van der Waals surface area contributed by atoms with Crippen molar-refractivity contribution in [2.24, 2.45) is 0 Å². The van der Waals surface area contributed by atoms with Gasteiger partial charge in [-0.2, -0.15) is 0 Å². The van der Waals surface area contributed by atoms with Gasteiger partial charge in [-0.3, -0.25) is 4.79 Å². The lowest BCUT2D eigenvalue weighted by molar-refractivity contribution is -0.104. The van der Waals surface area contributed by atoms with Gasteiger partial charge in [0.15, 0.2) is 6.29 Å². The molecule has 0 aliphatic carbocycles. The molecule has 0 spiro atoms. The molecule has 0 fully saturated rings. The van der Waals surface area contributed by atoms with Crippen LogP contribution in [0.5, 0.6) is 0 Å². The SMILES string of the molecule is C=C/C=C(/C=O)C(=C)Br. The normalized spacial score (nSPS) is 10.6. The van der Waals surface area contributed by atoms with Gasteiger partial charge < -0.3 is 0 Å². The second kappa shape index (κ2) is 4.27. The summed E-state index contributed by atoms with van der Waals surface area (Å²) in [6.45, 7) is 6.95. The molecule has 0 aliphatic heterocycles. The molecule has 0 aliphatic rings. The van der Waals surface area contributed by atoms with Crippen LogP contribution in [0.25, 0.3) is 0 Å². The van der Waals surface area contributed by atoms with E-state index in [2.05, 4.69) is 29.1 Å². The van der Waals surface area contributed by atoms with Crippen molar-refractivity contribution in [3.05, 3.63) is 35.4 Å². The quantitative estimate of drug-likeness (QED) is 0.376. The zero-order valence-electron chi connectivity index (χ0n) is 4.93. The zero-order valence-corrected chi connectivity index (χ0v) is 6.52. The van der Waals surface area contributed by atoms with Crippen molar-refractivity contribution >= 4 is 22.2 Å². The van der Waals surface area contributed by atoms with Crippen LogP contribution in [-0.2, 0) is 4.79 Å². The summed E-state index contributed by atoms with van der Waals surface area (Å²) in [6, 6.07) is 0. The summed E-state index contributed by atoms with van der Waals surface area (Å²) in [7, 11) is 0. The molecule has 0 aromatic carbocycles. The van der Waals surface area contributed by atoms with Crippen molar-refractivity contribution in [1.82, 2.24) is 0 Å². The molecule has 0 atom stereocenters. The molecular formula is C7H7BrO. The van der Waals surface area contributed by atoms with Crippen LogP contribution in [0.2, 0.25) is 0 Å². The summed E-state index contributed by atoms with van der Waals surface area (Å²) in [5.74, 6) is 0. The van der Waals surface area contributed by atoms with E-state index >= 15 is 0 Å². The van der Waals surface area contributed by atoms with Gasteiger partial charge in [0.25, 0.3) is 0 Å². The molecule has 48 valence electrons. The molecule has 9 heavy (non-hydrogen) atoms. The van der Waals surface area contributed by atoms with Crippen LogP contribution >= 0.6 is 15.9 Å². The Bertz CT molecular complexity index is 168. The van der Waals surface area contributed by atoms with Crippen molar-refractivity contribution in [3.63, 3.8) is 0 Å². The molecule has 0 aromatic heterocycles. The van der Waals surface area contributed by atoms with Crippen molar-refractivity contribution in [2.75, 3.05) is 0 Å². The molecule has 0 aromatic rings. The maximum Gasteiger partial charge on any atom is 0.151 e. The Morgan fingerprint density at radius 1 is 1.56 bits per heavy atom. The van der Waals surface area contributed by atoms with Crippen LogP contribution in [0.1, 0.15) is 0 Å². The molecule has 0 radical (unpaired) electrons. The topological polar surface area (TPSA) is 17.1 Å². The van der Waals surface area contributed by atoms with Gasteiger partial charge in [-0.05, 0) is 0 Å². The fourth-order valence-corrected chi connectivity index (χ4v) is 0.546. The third-order valence-corrected chi connectivity index (χ3v) is 1.20. The molecule has 0 heterocycles. The smallest absolute Gasteiger partial charge is 0.151 e. The molecule has 0 rings (SSSR count). The van der Waals surface area contributed by atoms with E-state index in [9.17, 15) is 4.79 Å². The van der Waals surface area contributed by atoms with E-state index in [1.54, 1.807) is 6.08 Å². The van der Waals surface area contributed by atoms with Crippen LogP contribution in [0.3, 0.4) is 0 Å². The van der Waals surface area contributed by atoms with Crippen LogP contribution in [0.4, 0.5) is 0 Å². The van der Waals surface area contributed by atoms with Gasteiger partial charge in [0.05, 0.1) is 0 Å². The van der Waals surface area contributed by atoms with E-state index in [4.69, 9.17) is 0 Å². The van der Waals surface area contributed by atoms with E-state index in [1.807, 2.05) is 0 Å². The second-order valence-corrected chi connectivity index (χ2v) is 2.34. The van der Waals surface area contributed by atoms with E-state index in [1.165, 1.54) is 6.08 Å². The Balaban J connectivity index is 4.32. The Kier molecular flexibility index (Phi) is 3.97. The summed E-state index contributed by atoms with van der Waals surface area (Å²) >= 11 is 3.06. The van der Waals surface area contributed by atoms with Crippen LogP contribution < -0.4 is 0 Å². The van der Waals surface area contributed by atoms with Crippen LogP contribution in [0, 0.1) is 0 Å². The van der Waals surface area contributed by atoms with Gasteiger partial charge in [-0.1, -0.05) is 41.2 Å². The first-order valence-corrected chi connectivity index (χ1v) is 3.14. The average molecular weight is 187 g/mol. The highest BCUT2D eigenvalue weighted by Gasteiger charge is 1.92. The number of hydrogen-bond donors (Lipinski definition) is 0. The van der Waals surface area contributed by atoms with Crippen LogP contribution in [-0.4, -0.2) is 6.29 Å². The number of halogens is 1. The number of hydrogen-bond acceptors (Lipinski definition) is 1. The zero-order chi connectivity index (χ0) is 7.28. The summed E-state index contributed by atoms with van der Waals surface area (Å²) in [6.07, 6.45) is 3.85. The standard InChI is InChI=1S/C7H7BrO/c1-3-4-7(5-9)6(2)8/h3-5H,1-2H2/b7-4-. The predicted octanol–water partition coefficient (Wildman–Crippen LogP) is 2.21. The molecule has 0 saturated heterocycles. The predicted molar refractivity (Wildman–Crippen MR) is 42.4 cm³/mol. The van der Waals surface area contributed by atoms with Crippen molar-refractivity contribution in [1.29, 1.82) is 0 Å². The minimum atomic E-state index is 0.519.